The number of aliphatic hydroxyl groups is 1. The Morgan fingerprint density at radius 2 is 2.33 bits per heavy atom. The summed E-state index contributed by atoms with van der Waals surface area (Å²) in [7, 11) is 0. The van der Waals surface area contributed by atoms with Crippen molar-refractivity contribution < 1.29 is 5.11 Å². The molecule has 1 rings (SSSR count). The second-order valence-electron chi connectivity index (χ2n) is 4.06. The number of hydrogen-bond acceptors (Lipinski definition) is 1. The molecule has 1 N–H and O–H groups in total. The van der Waals surface area contributed by atoms with Crippen LogP contribution in [0.5, 0.6) is 0 Å². The van der Waals surface area contributed by atoms with Crippen LogP contribution in [-0.4, -0.2) is 11.7 Å². The van der Waals surface area contributed by atoms with Gasteiger partial charge in [0.25, 0.3) is 0 Å². The van der Waals surface area contributed by atoms with Crippen molar-refractivity contribution in [2.24, 2.45) is 11.3 Å². The summed E-state index contributed by atoms with van der Waals surface area (Å²) < 4.78 is 0. The second-order valence-corrected chi connectivity index (χ2v) is 4.06. The lowest BCUT2D eigenvalue weighted by atomic mass is 9.78. The Labute approximate surface area is 74.8 Å². The molecule has 0 spiro atoms. The average molecular weight is 166 g/mol. The Morgan fingerprint density at radius 1 is 1.67 bits per heavy atom. The third-order valence-corrected chi connectivity index (χ3v) is 3.10. The van der Waals surface area contributed by atoms with Gasteiger partial charge in [0.05, 0.1) is 6.61 Å². The SMILES string of the molecule is CC1=CCC(C=CCO)C1(C)C. The van der Waals surface area contributed by atoms with Crippen LogP contribution in [0, 0.1) is 11.3 Å². The molecule has 0 saturated carbocycles. The molecule has 1 nitrogen and oxygen atoms in total. The molecule has 0 bridgehead atoms. The van der Waals surface area contributed by atoms with Crippen LogP contribution in [0.3, 0.4) is 0 Å². The van der Waals surface area contributed by atoms with Crippen LogP contribution >= 0.6 is 0 Å². The van der Waals surface area contributed by atoms with Crippen molar-refractivity contribution in [3.8, 4) is 0 Å². The first kappa shape index (κ1) is 9.53. The third kappa shape index (κ3) is 1.61. The number of hydrogen-bond donors (Lipinski definition) is 1. The van der Waals surface area contributed by atoms with E-state index in [-0.39, 0.29) is 12.0 Å². The molecule has 0 aromatic heterocycles. The van der Waals surface area contributed by atoms with Gasteiger partial charge >= 0.3 is 0 Å². The normalized spacial score (nSPS) is 28.0. The van der Waals surface area contributed by atoms with Gasteiger partial charge in [-0.05, 0) is 24.7 Å². The average Bonchev–Trinajstić information content (AvgIpc) is 2.25. The zero-order valence-electron chi connectivity index (χ0n) is 8.17. The van der Waals surface area contributed by atoms with Crippen LogP contribution in [0.2, 0.25) is 0 Å². The highest BCUT2D eigenvalue weighted by Gasteiger charge is 2.32. The molecular weight excluding hydrogens is 148 g/mol. The van der Waals surface area contributed by atoms with E-state index in [0.29, 0.717) is 5.92 Å². The lowest BCUT2D eigenvalue weighted by molar-refractivity contribution is 0.331. The summed E-state index contributed by atoms with van der Waals surface area (Å²) in [6.07, 6.45) is 7.40. The molecule has 1 aliphatic carbocycles. The molecule has 1 unspecified atom stereocenters. The maximum atomic E-state index is 8.66. The van der Waals surface area contributed by atoms with Crippen molar-refractivity contribution >= 4 is 0 Å². The van der Waals surface area contributed by atoms with E-state index in [9.17, 15) is 0 Å². The van der Waals surface area contributed by atoms with Gasteiger partial charge in [-0.3, -0.25) is 0 Å². The minimum absolute atomic E-state index is 0.158. The van der Waals surface area contributed by atoms with E-state index in [0.717, 1.165) is 6.42 Å². The third-order valence-electron chi connectivity index (χ3n) is 3.10. The Morgan fingerprint density at radius 3 is 2.75 bits per heavy atom. The Kier molecular flexibility index (Phi) is 2.73. The molecule has 68 valence electrons. The van der Waals surface area contributed by atoms with Gasteiger partial charge in [-0.1, -0.05) is 37.6 Å². The highest BCUT2D eigenvalue weighted by Crippen LogP contribution is 2.43. The van der Waals surface area contributed by atoms with Crippen LogP contribution < -0.4 is 0 Å². The first-order chi connectivity index (χ1) is 5.59. The maximum Gasteiger partial charge on any atom is 0.0612 e. The van der Waals surface area contributed by atoms with Gasteiger partial charge in [0.1, 0.15) is 0 Å². The van der Waals surface area contributed by atoms with Crippen LogP contribution in [0.1, 0.15) is 27.2 Å². The molecule has 0 amide bonds. The van der Waals surface area contributed by atoms with Gasteiger partial charge in [0.2, 0.25) is 0 Å². The molecule has 1 atom stereocenters. The van der Waals surface area contributed by atoms with Crippen molar-refractivity contribution in [2.75, 3.05) is 6.61 Å². The molecule has 0 saturated heterocycles. The zero-order valence-corrected chi connectivity index (χ0v) is 8.17. The standard InChI is InChI=1S/C11H18O/c1-9-6-7-10(5-4-8-12)11(9,2)3/h4-6,10,12H,7-8H2,1-3H3. The lowest BCUT2D eigenvalue weighted by Gasteiger charge is -2.27. The Balaban J connectivity index is 2.67. The summed E-state index contributed by atoms with van der Waals surface area (Å²) >= 11 is 0. The molecular formula is C11H18O. The van der Waals surface area contributed by atoms with E-state index >= 15 is 0 Å². The van der Waals surface area contributed by atoms with E-state index in [1.807, 2.05) is 6.08 Å². The number of rotatable bonds is 2. The summed E-state index contributed by atoms with van der Waals surface area (Å²) in [5, 5.41) is 8.66. The monoisotopic (exact) mass is 166 g/mol. The fourth-order valence-electron chi connectivity index (χ4n) is 1.70. The molecule has 0 aromatic rings. The van der Waals surface area contributed by atoms with Crippen molar-refractivity contribution in [3.05, 3.63) is 23.8 Å². The molecule has 0 aromatic carbocycles. The van der Waals surface area contributed by atoms with Gasteiger partial charge < -0.3 is 5.11 Å². The van der Waals surface area contributed by atoms with Crippen molar-refractivity contribution in [3.63, 3.8) is 0 Å². The van der Waals surface area contributed by atoms with Gasteiger partial charge in [-0.15, -0.1) is 0 Å². The Bertz CT molecular complexity index is 211. The van der Waals surface area contributed by atoms with Gasteiger partial charge in [0, 0.05) is 0 Å². The lowest BCUT2D eigenvalue weighted by Crippen LogP contribution is -2.18. The number of aliphatic hydroxyl groups excluding tert-OH is 1. The predicted octanol–water partition coefficient (Wildman–Crippen LogP) is 2.53. The smallest absolute Gasteiger partial charge is 0.0612 e. The minimum atomic E-state index is 0.158. The fraction of sp³-hybridized carbons (Fsp3) is 0.636. The summed E-state index contributed by atoms with van der Waals surface area (Å²) in [6, 6.07) is 0. The molecule has 0 aliphatic heterocycles. The second kappa shape index (κ2) is 3.44. The van der Waals surface area contributed by atoms with Gasteiger partial charge in [-0.25, -0.2) is 0 Å². The minimum Gasteiger partial charge on any atom is -0.392 e. The highest BCUT2D eigenvalue weighted by atomic mass is 16.2. The summed E-state index contributed by atoms with van der Waals surface area (Å²) in [6.45, 7) is 6.87. The molecule has 0 fully saturated rings. The van der Waals surface area contributed by atoms with E-state index in [1.54, 1.807) is 0 Å². The topological polar surface area (TPSA) is 20.2 Å². The molecule has 0 radical (unpaired) electrons. The largest absolute Gasteiger partial charge is 0.392 e. The predicted molar refractivity (Wildman–Crippen MR) is 51.9 cm³/mol. The fourth-order valence-corrected chi connectivity index (χ4v) is 1.70. The molecule has 0 heterocycles. The zero-order chi connectivity index (χ0) is 9.19. The van der Waals surface area contributed by atoms with Crippen molar-refractivity contribution in [1.82, 2.24) is 0 Å². The van der Waals surface area contributed by atoms with Gasteiger partial charge in [-0.2, -0.15) is 0 Å². The van der Waals surface area contributed by atoms with Crippen molar-refractivity contribution in [1.29, 1.82) is 0 Å². The Hall–Kier alpha value is -0.560. The maximum absolute atomic E-state index is 8.66. The van der Waals surface area contributed by atoms with E-state index < -0.39 is 0 Å². The van der Waals surface area contributed by atoms with Crippen LogP contribution in [0.25, 0.3) is 0 Å². The first-order valence-electron chi connectivity index (χ1n) is 4.53. The van der Waals surface area contributed by atoms with Crippen LogP contribution in [0.4, 0.5) is 0 Å². The van der Waals surface area contributed by atoms with E-state index in [4.69, 9.17) is 5.11 Å². The van der Waals surface area contributed by atoms with Crippen LogP contribution in [0.15, 0.2) is 23.8 Å². The highest BCUT2D eigenvalue weighted by molar-refractivity contribution is 5.21. The number of allylic oxidation sites excluding steroid dienone is 3. The van der Waals surface area contributed by atoms with Gasteiger partial charge in [0.15, 0.2) is 0 Å². The van der Waals surface area contributed by atoms with E-state index in [2.05, 4.69) is 32.9 Å². The first-order valence-corrected chi connectivity index (χ1v) is 4.53. The quantitative estimate of drug-likeness (QED) is 0.625. The summed E-state index contributed by atoms with van der Waals surface area (Å²) in [5.41, 5.74) is 1.75. The van der Waals surface area contributed by atoms with E-state index in [1.165, 1.54) is 5.57 Å². The van der Waals surface area contributed by atoms with Crippen LogP contribution in [-0.2, 0) is 0 Å². The summed E-state index contributed by atoms with van der Waals surface area (Å²) in [5.74, 6) is 0.574. The summed E-state index contributed by atoms with van der Waals surface area (Å²) in [4.78, 5) is 0. The molecule has 1 heteroatoms. The van der Waals surface area contributed by atoms with Crippen molar-refractivity contribution in [2.45, 2.75) is 27.2 Å². The molecule has 1 aliphatic rings. The molecule has 12 heavy (non-hydrogen) atoms.